The van der Waals surface area contributed by atoms with E-state index in [4.69, 9.17) is 0 Å². The molecule has 0 radical (unpaired) electrons. The van der Waals surface area contributed by atoms with Crippen molar-refractivity contribution >= 4 is 29.4 Å². The number of carbonyl (C=O) groups excluding carboxylic acids is 2. The second-order valence-corrected chi connectivity index (χ2v) is 5.71. The minimum atomic E-state index is -0.237. The van der Waals surface area contributed by atoms with Crippen LogP contribution in [0, 0.1) is 0 Å². The topological polar surface area (TPSA) is 84.0 Å². The Labute approximate surface area is 139 Å². The summed E-state index contributed by atoms with van der Waals surface area (Å²) in [7, 11) is 0. The van der Waals surface area contributed by atoms with Gasteiger partial charge in [-0.05, 0) is 30.7 Å². The molecule has 0 saturated carbocycles. The van der Waals surface area contributed by atoms with Gasteiger partial charge >= 0.3 is 0 Å². The first-order chi connectivity index (χ1) is 11.2. The first kappa shape index (κ1) is 17.0. The summed E-state index contributed by atoms with van der Waals surface area (Å²) in [5.74, 6) is 0.405. The zero-order valence-electron chi connectivity index (χ0n) is 12.8. The van der Waals surface area contributed by atoms with Crippen LogP contribution in [-0.2, 0) is 4.79 Å². The SMILES string of the molecule is CCCNC(=O)CSc1ccc(NC(=O)c2ccccc2)nn1. The normalized spacial score (nSPS) is 10.1. The summed E-state index contributed by atoms with van der Waals surface area (Å²) in [5.41, 5.74) is 0.556. The Bertz CT molecular complexity index is 647. The van der Waals surface area contributed by atoms with Crippen LogP contribution < -0.4 is 10.6 Å². The molecular formula is C16H18N4O2S. The predicted molar refractivity (Wildman–Crippen MR) is 90.5 cm³/mol. The summed E-state index contributed by atoms with van der Waals surface area (Å²) in [5, 5.41) is 14.0. The molecule has 0 aliphatic heterocycles. The highest BCUT2D eigenvalue weighted by molar-refractivity contribution is 7.99. The second-order valence-electron chi connectivity index (χ2n) is 4.72. The summed E-state index contributed by atoms with van der Waals surface area (Å²) in [4.78, 5) is 23.5. The van der Waals surface area contributed by atoms with Crippen molar-refractivity contribution in [2.24, 2.45) is 0 Å². The predicted octanol–water partition coefficient (Wildman–Crippen LogP) is 2.35. The van der Waals surface area contributed by atoms with Gasteiger partial charge in [-0.3, -0.25) is 9.59 Å². The average molecular weight is 330 g/mol. The summed E-state index contributed by atoms with van der Waals surface area (Å²) in [6, 6.07) is 12.3. The Balaban J connectivity index is 1.85. The quantitative estimate of drug-likeness (QED) is 0.761. The third-order valence-electron chi connectivity index (χ3n) is 2.84. The van der Waals surface area contributed by atoms with Gasteiger partial charge in [-0.25, -0.2) is 0 Å². The zero-order chi connectivity index (χ0) is 16.5. The number of hydrogen-bond donors (Lipinski definition) is 2. The van der Waals surface area contributed by atoms with Crippen LogP contribution in [0.4, 0.5) is 5.82 Å². The molecule has 0 aliphatic rings. The molecule has 120 valence electrons. The number of thioether (sulfide) groups is 1. The van der Waals surface area contributed by atoms with E-state index in [0.29, 0.717) is 28.7 Å². The van der Waals surface area contributed by atoms with E-state index in [0.717, 1.165) is 6.42 Å². The van der Waals surface area contributed by atoms with Gasteiger partial charge in [0.15, 0.2) is 5.82 Å². The molecule has 1 heterocycles. The molecule has 2 aromatic rings. The maximum absolute atomic E-state index is 12.0. The van der Waals surface area contributed by atoms with Gasteiger partial charge in [-0.15, -0.1) is 10.2 Å². The Morgan fingerprint density at radius 3 is 2.52 bits per heavy atom. The molecule has 7 heteroatoms. The lowest BCUT2D eigenvalue weighted by Gasteiger charge is -2.05. The van der Waals surface area contributed by atoms with E-state index in [9.17, 15) is 9.59 Å². The molecule has 2 amide bonds. The molecule has 0 fully saturated rings. The molecule has 6 nitrogen and oxygen atoms in total. The van der Waals surface area contributed by atoms with E-state index in [1.54, 1.807) is 36.4 Å². The lowest BCUT2D eigenvalue weighted by Crippen LogP contribution is -2.25. The number of benzene rings is 1. The highest BCUT2D eigenvalue weighted by Gasteiger charge is 2.07. The van der Waals surface area contributed by atoms with Gasteiger partial charge in [0.25, 0.3) is 5.91 Å². The smallest absolute Gasteiger partial charge is 0.256 e. The van der Waals surface area contributed by atoms with E-state index in [-0.39, 0.29) is 11.8 Å². The van der Waals surface area contributed by atoms with Crippen LogP contribution in [0.5, 0.6) is 0 Å². The van der Waals surface area contributed by atoms with Crippen LogP contribution in [0.2, 0.25) is 0 Å². The Hall–Kier alpha value is -2.41. The van der Waals surface area contributed by atoms with Crippen molar-refractivity contribution in [3.8, 4) is 0 Å². The lowest BCUT2D eigenvalue weighted by atomic mass is 10.2. The maximum atomic E-state index is 12.0. The highest BCUT2D eigenvalue weighted by atomic mass is 32.2. The number of hydrogen-bond acceptors (Lipinski definition) is 5. The van der Waals surface area contributed by atoms with Crippen molar-refractivity contribution in [2.75, 3.05) is 17.6 Å². The molecule has 0 unspecified atom stereocenters. The summed E-state index contributed by atoms with van der Waals surface area (Å²) >= 11 is 1.30. The Morgan fingerprint density at radius 2 is 1.87 bits per heavy atom. The third kappa shape index (κ3) is 5.71. The fourth-order valence-corrected chi connectivity index (χ4v) is 2.34. The molecule has 0 spiro atoms. The number of nitrogens with one attached hydrogen (secondary N) is 2. The van der Waals surface area contributed by atoms with Gasteiger partial charge in [0.2, 0.25) is 5.91 Å². The molecule has 0 saturated heterocycles. The molecule has 2 N–H and O–H groups in total. The van der Waals surface area contributed by atoms with Gasteiger partial charge < -0.3 is 10.6 Å². The van der Waals surface area contributed by atoms with Crippen LogP contribution in [0.25, 0.3) is 0 Å². The molecule has 2 rings (SSSR count). The minimum Gasteiger partial charge on any atom is -0.355 e. The minimum absolute atomic E-state index is 0.0277. The third-order valence-corrected chi connectivity index (χ3v) is 3.76. The van der Waals surface area contributed by atoms with Gasteiger partial charge in [0.05, 0.1) is 5.75 Å². The number of carbonyl (C=O) groups is 2. The van der Waals surface area contributed by atoms with Crippen molar-refractivity contribution in [3.63, 3.8) is 0 Å². The standard InChI is InChI=1S/C16H18N4O2S/c1-2-10-17-14(21)11-23-15-9-8-13(19-20-15)18-16(22)12-6-4-3-5-7-12/h3-9H,2,10-11H2,1H3,(H,17,21)(H,18,19,22). The summed E-state index contributed by atoms with van der Waals surface area (Å²) in [6.07, 6.45) is 0.909. The first-order valence-electron chi connectivity index (χ1n) is 7.28. The number of anilines is 1. The van der Waals surface area contributed by atoms with Crippen LogP contribution in [0.1, 0.15) is 23.7 Å². The fraction of sp³-hybridized carbons (Fsp3) is 0.250. The first-order valence-corrected chi connectivity index (χ1v) is 8.27. The maximum Gasteiger partial charge on any atom is 0.256 e. The van der Waals surface area contributed by atoms with Crippen LogP contribution in [0.3, 0.4) is 0 Å². The average Bonchev–Trinajstić information content (AvgIpc) is 2.60. The van der Waals surface area contributed by atoms with Crippen LogP contribution in [-0.4, -0.2) is 34.3 Å². The largest absolute Gasteiger partial charge is 0.355 e. The highest BCUT2D eigenvalue weighted by Crippen LogP contribution is 2.15. The van der Waals surface area contributed by atoms with Crippen molar-refractivity contribution in [2.45, 2.75) is 18.4 Å². The Morgan fingerprint density at radius 1 is 1.09 bits per heavy atom. The summed E-state index contributed by atoms with van der Waals surface area (Å²) in [6.45, 7) is 2.68. The van der Waals surface area contributed by atoms with Crippen molar-refractivity contribution in [1.29, 1.82) is 0 Å². The Kier molecular flexibility index (Phi) is 6.56. The number of aromatic nitrogens is 2. The van der Waals surface area contributed by atoms with E-state index in [2.05, 4.69) is 20.8 Å². The van der Waals surface area contributed by atoms with Crippen LogP contribution in [0.15, 0.2) is 47.5 Å². The number of rotatable bonds is 7. The van der Waals surface area contributed by atoms with E-state index >= 15 is 0 Å². The van der Waals surface area contributed by atoms with Gasteiger partial charge in [-0.2, -0.15) is 0 Å². The summed E-state index contributed by atoms with van der Waals surface area (Å²) < 4.78 is 0. The van der Waals surface area contributed by atoms with E-state index < -0.39 is 0 Å². The van der Waals surface area contributed by atoms with Crippen molar-refractivity contribution in [3.05, 3.63) is 48.0 Å². The van der Waals surface area contributed by atoms with E-state index in [1.165, 1.54) is 11.8 Å². The number of nitrogens with zero attached hydrogens (tertiary/aromatic N) is 2. The second kappa shape index (κ2) is 8.89. The van der Waals surface area contributed by atoms with Crippen molar-refractivity contribution < 1.29 is 9.59 Å². The zero-order valence-corrected chi connectivity index (χ0v) is 13.6. The fourth-order valence-electron chi connectivity index (χ4n) is 1.70. The van der Waals surface area contributed by atoms with Gasteiger partial charge in [-0.1, -0.05) is 36.9 Å². The van der Waals surface area contributed by atoms with Gasteiger partial charge in [0.1, 0.15) is 5.03 Å². The molecular weight excluding hydrogens is 312 g/mol. The van der Waals surface area contributed by atoms with Gasteiger partial charge in [0, 0.05) is 12.1 Å². The number of amides is 2. The van der Waals surface area contributed by atoms with Crippen LogP contribution >= 0.6 is 11.8 Å². The molecule has 0 atom stereocenters. The molecule has 0 aliphatic carbocycles. The lowest BCUT2D eigenvalue weighted by molar-refractivity contribution is -0.118. The molecule has 1 aromatic carbocycles. The molecule has 1 aromatic heterocycles. The molecule has 23 heavy (non-hydrogen) atoms. The molecule has 0 bridgehead atoms. The van der Waals surface area contributed by atoms with Crippen molar-refractivity contribution in [1.82, 2.24) is 15.5 Å². The van der Waals surface area contributed by atoms with E-state index in [1.807, 2.05) is 13.0 Å². The monoisotopic (exact) mass is 330 g/mol.